The van der Waals surface area contributed by atoms with Crippen molar-refractivity contribution in [1.29, 1.82) is 0 Å². The lowest BCUT2D eigenvalue weighted by Gasteiger charge is -2.31. The standard InChI is InChI=1S/C25H38N6O/c1-3-26-25(27-15-14-23-30-29-22-9-5-4-6-16-31(22)23)28-18-21-8-7-17-32-24(21)20-12-10-19(2)11-13-20/h10-13,21,24H,3-9,14-18H2,1-2H3,(H2,26,27,28). The lowest BCUT2D eigenvalue weighted by atomic mass is 9.89. The van der Waals surface area contributed by atoms with E-state index >= 15 is 0 Å². The minimum atomic E-state index is 0.127. The Balaban J connectivity index is 1.35. The second kappa shape index (κ2) is 11.5. The number of aromatic nitrogens is 3. The molecule has 2 unspecified atom stereocenters. The van der Waals surface area contributed by atoms with Gasteiger partial charge in [-0.25, -0.2) is 0 Å². The molecule has 4 rings (SSSR count). The van der Waals surface area contributed by atoms with Crippen molar-refractivity contribution in [2.75, 3.05) is 26.2 Å². The van der Waals surface area contributed by atoms with Crippen LogP contribution in [0.2, 0.25) is 0 Å². The highest BCUT2D eigenvalue weighted by Gasteiger charge is 2.27. The van der Waals surface area contributed by atoms with Crippen LogP contribution in [0.1, 0.15) is 67.9 Å². The summed E-state index contributed by atoms with van der Waals surface area (Å²) < 4.78 is 8.50. The van der Waals surface area contributed by atoms with Crippen molar-refractivity contribution in [3.63, 3.8) is 0 Å². The molecule has 7 nitrogen and oxygen atoms in total. The van der Waals surface area contributed by atoms with Crippen molar-refractivity contribution in [2.45, 2.75) is 71.4 Å². The molecule has 2 aromatic rings. The van der Waals surface area contributed by atoms with E-state index in [1.807, 2.05) is 0 Å². The van der Waals surface area contributed by atoms with Crippen LogP contribution in [-0.2, 0) is 24.1 Å². The molecule has 2 atom stereocenters. The highest BCUT2D eigenvalue weighted by atomic mass is 16.5. The van der Waals surface area contributed by atoms with Gasteiger partial charge in [0.1, 0.15) is 11.6 Å². The van der Waals surface area contributed by atoms with E-state index < -0.39 is 0 Å². The van der Waals surface area contributed by atoms with E-state index in [0.29, 0.717) is 5.92 Å². The molecular formula is C25H38N6O. The molecule has 0 aliphatic carbocycles. The van der Waals surface area contributed by atoms with Gasteiger partial charge in [-0.05, 0) is 45.1 Å². The van der Waals surface area contributed by atoms with E-state index in [2.05, 4.69) is 63.5 Å². The van der Waals surface area contributed by atoms with Crippen LogP contribution in [0.25, 0.3) is 0 Å². The summed E-state index contributed by atoms with van der Waals surface area (Å²) in [5.41, 5.74) is 2.54. The molecule has 7 heteroatoms. The molecule has 0 saturated carbocycles. The molecule has 1 aromatic carbocycles. The molecule has 0 radical (unpaired) electrons. The zero-order chi connectivity index (χ0) is 22.2. The lowest BCUT2D eigenvalue weighted by molar-refractivity contribution is -0.0250. The molecule has 174 valence electrons. The van der Waals surface area contributed by atoms with E-state index in [9.17, 15) is 0 Å². The number of nitrogens with zero attached hydrogens (tertiary/aromatic N) is 4. The van der Waals surface area contributed by atoms with E-state index in [1.54, 1.807) is 0 Å². The fourth-order valence-electron chi connectivity index (χ4n) is 4.73. The fraction of sp³-hybridized carbons (Fsp3) is 0.640. The smallest absolute Gasteiger partial charge is 0.191 e. The Kier molecular flexibility index (Phi) is 8.15. The van der Waals surface area contributed by atoms with Gasteiger partial charge in [0.05, 0.1) is 6.10 Å². The Morgan fingerprint density at radius 3 is 2.84 bits per heavy atom. The second-order valence-electron chi connectivity index (χ2n) is 9.00. The van der Waals surface area contributed by atoms with E-state index in [0.717, 1.165) is 76.1 Å². The quantitative estimate of drug-likeness (QED) is 0.510. The maximum atomic E-state index is 6.17. The average Bonchev–Trinajstić information content (AvgIpc) is 3.04. The lowest BCUT2D eigenvalue weighted by Crippen LogP contribution is -2.39. The first-order valence-corrected chi connectivity index (χ1v) is 12.4. The van der Waals surface area contributed by atoms with Crippen LogP contribution in [0.5, 0.6) is 0 Å². The summed E-state index contributed by atoms with van der Waals surface area (Å²) in [7, 11) is 0. The summed E-state index contributed by atoms with van der Waals surface area (Å²) in [5.74, 6) is 3.51. The van der Waals surface area contributed by atoms with Crippen molar-refractivity contribution >= 4 is 5.96 Å². The van der Waals surface area contributed by atoms with Gasteiger partial charge >= 0.3 is 0 Å². The van der Waals surface area contributed by atoms with Gasteiger partial charge in [-0.1, -0.05) is 36.2 Å². The van der Waals surface area contributed by atoms with Crippen molar-refractivity contribution in [2.24, 2.45) is 10.9 Å². The minimum absolute atomic E-state index is 0.127. The fourth-order valence-corrected chi connectivity index (χ4v) is 4.73. The van der Waals surface area contributed by atoms with Crippen molar-refractivity contribution in [3.05, 3.63) is 47.0 Å². The molecule has 1 fully saturated rings. The first kappa shape index (κ1) is 22.8. The maximum Gasteiger partial charge on any atom is 0.191 e. The Hall–Kier alpha value is -2.41. The number of benzene rings is 1. The van der Waals surface area contributed by atoms with E-state index in [4.69, 9.17) is 9.73 Å². The van der Waals surface area contributed by atoms with Gasteiger partial charge in [0.2, 0.25) is 0 Å². The second-order valence-corrected chi connectivity index (χ2v) is 9.00. The predicted octanol–water partition coefficient (Wildman–Crippen LogP) is 3.58. The molecule has 1 saturated heterocycles. The normalized spacial score (nSPS) is 21.6. The monoisotopic (exact) mass is 438 g/mol. The molecule has 2 N–H and O–H groups in total. The molecule has 2 aliphatic heterocycles. The average molecular weight is 439 g/mol. The highest BCUT2D eigenvalue weighted by molar-refractivity contribution is 5.79. The number of guanidine groups is 1. The summed E-state index contributed by atoms with van der Waals surface area (Å²) in [6.45, 7) is 8.51. The zero-order valence-corrected chi connectivity index (χ0v) is 19.6. The van der Waals surface area contributed by atoms with Crippen LogP contribution in [0.4, 0.5) is 0 Å². The van der Waals surface area contributed by atoms with Crippen molar-refractivity contribution in [3.8, 4) is 0 Å². The third kappa shape index (κ3) is 5.88. The summed E-state index contributed by atoms with van der Waals surface area (Å²) in [6.07, 6.45) is 8.02. The Labute approximate surface area is 192 Å². The summed E-state index contributed by atoms with van der Waals surface area (Å²) >= 11 is 0. The maximum absolute atomic E-state index is 6.17. The molecule has 1 aromatic heterocycles. The van der Waals surface area contributed by atoms with E-state index in [-0.39, 0.29) is 6.10 Å². The molecule has 3 heterocycles. The van der Waals surface area contributed by atoms with Gasteiger partial charge in [-0.15, -0.1) is 10.2 Å². The van der Waals surface area contributed by atoms with Crippen LogP contribution in [-0.4, -0.2) is 47.0 Å². The number of nitrogens with one attached hydrogen (secondary N) is 2. The topological polar surface area (TPSA) is 76.4 Å². The number of aliphatic imine (C=N–C) groups is 1. The van der Waals surface area contributed by atoms with Crippen LogP contribution in [0, 0.1) is 12.8 Å². The Morgan fingerprint density at radius 2 is 2.00 bits per heavy atom. The molecular weight excluding hydrogens is 400 g/mol. The Bertz CT molecular complexity index is 875. The summed E-state index contributed by atoms with van der Waals surface area (Å²) in [4.78, 5) is 4.92. The third-order valence-electron chi connectivity index (χ3n) is 6.51. The van der Waals surface area contributed by atoms with Crippen molar-refractivity contribution < 1.29 is 4.74 Å². The van der Waals surface area contributed by atoms with Gasteiger partial charge in [0.25, 0.3) is 0 Å². The van der Waals surface area contributed by atoms with Gasteiger partial charge in [-0.2, -0.15) is 0 Å². The Morgan fingerprint density at radius 1 is 1.12 bits per heavy atom. The predicted molar refractivity (Wildman–Crippen MR) is 128 cm³/mol. The minimum Gasteiger partial charge on any atom is -0.373 e. The first-order chi connectivity index (χ1) is 15.7. The molecule has 0 spiro atoms. The SMILES string of the molecule is CCNC(=NCC1CCCOC1c1ccc(C)cc1)NCCc1nnc2n1CCCCC2. The van der Waals surface area contributed by atoms with E-state index in [1.165, 1.54) is 30.4 Å². The summed E-state index contributed by atoms with van der Waals surface area (Å²) in [5, 5.41) is 15.8. The van der Waals surface area contributed by atoms with Crippen molar-refractivity contribution in [1.82, 2.24) is 25.4 Å². The molecule has 2 aliphatic rings. The number of hydrogen-bond acceptors (Lipinski definition) is 4. The molecule has 0 amide bonds. The van der Waals surface area contributed by atoms with Gasteiger partial charge < -0.3 is 19.9 Å². The van der Waals surface area contributed by atoms with Gasteiger partial charge in [0, 0.05) is 51.5 Å². The number of rotatable bonds is 7. The largest absolute Gasteiger partial charge is 0.373 e. The number of fused-ring (bicyclic) bond motifs is 1. The number of ether oxygens (including phenoxy) is 1. The third-order valence-corrected chi connectivity index (χ3v) is 6.51. The number of hydrogen-bond donors (Lipinski definition) is 2. The molecule has 0 bridgehead atoms. The van der Waals surface area contributed by atoms with Gasteiger partial charge in [-0.3, -0.25) is 4.99 Å². The first-order valence-electron chi connectivity index (χ1n) is 12.4. The van der Waals surface area contributed by atoms with Gasteiger partial charge in [0.15, 0.2) is 5.96 Å². The summed E-state index contributed by atoms with van der Waals surface area (Å²) in [6, 6.07) is 8.74. The van der Waals surface area contributed by atoms with Crippen LogP contribution in [0.3, 0.4) is 0 Å². The zero-order valence-electron chi connectivity index (χ0n) is 19.6. The van der Waals surface area contributed by atoms with Crippen LogP contribution in [0.15, 0.2) is 29.3 Å². The highest BCUT2D eigenvalue weighted by Crippen LogP contribution is 2.34. The van der Waals surface area contributed by atoms with Crippen LogP contribution < -0.4 is 10.6 Å². The number of aryl methyl sites for hydroxylation is 2. The molecule has 32 heavy (non-hydrogen) atoms. The van der Waals surface area contributed by atoms with Crippen LogP contribution >= 0.6 is 0 Å².